The quantitative estimate of drug-likeness (QED) is 0.838. The van der Waals surface area contributed by atoms with Crippen LogP contribution in [-0.4, -0.2) is 45.0 Å². The molecule has 0 saturated heterocycles. The lowest BCUT2D eigenvalue weighted by Gasteiger charge is -2.35. The van der Waals surface area contributed by atoms with Crippen LogP contribution in [0.15, 0.2) is 30.5 Å². The smallest absolute Gasteiger partial charge is 0.265 e. The Morgan fingerprint density at radius 2 is 2.04 bits per heavy atom. The van der Waals surface area contributed by atoms with Crippen LogP contribution in [0, 0.1) is 0 Å². The summed E-state index contributed by atoms with van der Waals surface area (Å²) in [6.07, 6.45) is 6.92. The predicted octanol–water partition coefficient (Wildman–Crippen LogP) is 2.99. The maximum absolute atomic E-state index is 12.3. The van der Waals surface area contributed by atoms with E-state index in [9.17, 15) is 4.79 Å². The molecule has 8 heteroatoms. The van der Waals surface area contributed by atoms with Gasteiger partial charge in [-0.25, -0.2) is 4.98 Å². The molecule has 1 unspecified atom stereocenters. The number of amides is 1. The van der Waals surface area contributed by atoms with E-state index < -0.39 is 0 Å². The van der Waals surface area contributed by atoms with Crippen LogP contribution >= 0.6 is 11.3 Å². The van der Waals surface area contributed by atoms with Crippen molar-refractivity contribution in [2.24, 2.45) is 0 Å². The summed E-state index contributed by atoms with van der Waals surface area (Å²) in [6, 6.07) is -0.109. The summed E-state index contributed by atoms with van der Waals surface area (Å²) in [5.74, 6) is 0.696. The molecule has 1 atom stereocenters. The molecule has 0 radical (unpaired) electrons. The number of carbonyl (C=O) groups is 1. The van der Waals surface area contributed by atoms with Gasteiger partial charge < -0.3 is 15.0 Å². The lowest BCUT2D eigenvalue weighted by molar-refractivity contribution is 0.0104. The van der Waals surface area contributed by atoms with Gasteiger partial charge in [-0.05, 0) is 27.7 Å². The van der Waals surface area contributed by atoms with Gasteiger partial charge in [0, 0.05) is 32.1 Å². The van der Waals surface area contributed by atoms with E-state index >= 15 is 0 Å². The number of hydrogen-bond acceptors (Lipinski definition) is 7. The minimum Gasteiger partial charge on any atom is -0.469 e. The Bertz CT molecular complexity index is 846. The van der Waals surface area contributed by atoms with Crippen LogP contribution in [0.2, 0.25) is 0 Å². The molecule has 1 amide bonds. The second-order valence-electron chi connectivity index (χ2n) is 6.72. The molecule has 0 fully saturated rings. The molecule has 26 heavy (non-hydrogen) atoms. The summed E-state index contributed by atoms with van der Waals surface area (Å²) in [7, 11) is 1.77. The van der Waals surface area contributed by atoms with Crippen LogP contribution < -0.4 is 5.32 Å². The molecule has 3 heterocycles. The van der Waals surface area contributed by atoms with E-state index in [-0.39, 0.29) is 17.6 Å². The predicted molar refractivity (Wildman–Crippen MR) is 101 cm³/mol. The van der Waals surface area contributed by atoms with Gasteiger partial charge in [0.2, 0.25) is 0 Å². The fourth-order valence-corrected chi connectivity index (χ4v) is 3.51. The van der Waals surface area contributed by atoms with Crippen LogP contribution in [0.4, 0.5) is 0 Å². The van der Waals surface area contributed by atoms with Crippen LogP contribution in [0.25, 0.3) is 10.7 Å². The van der Waals surface area contributed by atoms with Crippen LogP contribution in [0.5, 0.6) is 0 Å². The Kier molecular flexibility index (Phi) is 4.95. The van der Waals surface area contributed by atoms with E-state index in [1.54, 1.807) is 30.5 Å². The molecule has 0 aliphatic carbocycles. The van der Waals surface area contributed by atoms with Crippen LogP contribution in [0.1, 0.15) is 49.1 Å². The average Bonchev–Trinajstić information content (AvgIpc) is 3.08. The number of carbonyl (C=O) groups excluding carboxylic acids is 1. The number of nitrogens with zero attached hydrogens (tertiary/aromatic N) is 4. The number of rotatable bonds is 6. The molecule has 0 bridgehead atoms. The van der Waals surface area contributed by atoms with Crippen molar-refractivity contribution in [3.8, 4) is 10.7 Å². The molecule has 138 valence electrons. The monoisotopic (exact) mass is 373 g/mol. The average molecular weight is 373 g/mol. The molecule has 0 spiro atoms. The number of hydrogen-bond donors (Lipinski definition) is 1. The summed E-state index contributed by atoms with van der Waals surface area (Å²) in [6.45, 7) is 8.57. The summed E-state index contributed by atoms with van der Waals surface area (Å²) in [5.41, 5.74) is 1.21. The molecule has 0 aromatic carbocycles. The number of thiazole rings is 1. The lowest BCUT2D eigenvalue weighted by atomic mass is 10.1. The van der Waals surface area contributed by atoms with Crippen molar-refractivity contribution in [2.75, 3.05) is 13.6 Å². The SMILES string of the molecule is CCN(C)C(=O)c1cnc(-c2nccnc2C(C)NC2=CC(C)(C)O2)s1. The highest BCUT2D eigenvalue weighted by Crippen LogP contribution is 2.31. The molecule has 2 aromatic rings. The van der Waals surface area contributed by atoms with Crippen molar-refractivity contribution < 1.29 is 9.53 Å². The first-order valence-electron chi connectivity index (χ1n) is 8.51. The summed E-state index contributed by atoms with van der Waals surface area (Å²) in [4.78, 5) is 27.9. The number of nitrogens with one attached hydrogen (secondary N) is 1. The largest absolute Gasteiger partial charge is 0.469 e. The third-order valence-electron chi connectivity index (χ3n) is 4.09. The molecule has 3 rings (SSSR count). The maximum Gasteiger partial charge on any atom is 0.265 e. The second kappa shape index (κ2) is 7.03. The Hall–Kier alpha value is -2.48. The highest BCUT2D eigenvalue weighted by atomic mass is 32.1. The standard InChI is InChI=1S/C18H23N5O2S/c1-6-23(5)17(24)12-10-21-16(26-12)15-14(19-7-8-20-15)11(2)22-13-9-18(3,4)25-13/h7-11,22H,6H2,1-5H3. The molecule has 1 aliphatic rings. The van der Waals surface area contributed by atoms with E-state index in [4.69, 9.17) is 4.74 Å². The lowest BCUT2D eigenvalue weighted by Crippen LogP contribution is -2.38. The first kappa shape index (κ1) is 18.3. The minimum absolute atomic E-state index is 0.0388. The van der Waals surface area contributed by atoms with Gasteiger partial charge in [0.15, 0.2) is 5.88 Å². The highest BCUT2D eigenvalue weighted by molar-refractivity contribution is 7.16. The molecule has 1 N–H and O–H groups in total. The number of aromatic nitrogens is 3. The molecule has 2 aromatic heterocycles. The van der Waals surface area contributed by atoms with E-state index in [1.165, 1.54) is 11.3 Å². The van der Waals surface area contributed by atoms with Crippen molar-refractivity contribution >= 4 is 17.2 Å². The van der Waals surface area contributed by atoms with Crippen molar-refractivity contribution in [1.82, 2.24) is 25.2 Å². The molecular weight excluding hydrogens is 350 g/mol. The summed E-state index contributed by atoms with van der Waals surface area (Å²) in [5, 5.41) is 3.97. The Morgan fingerprint density at radius 1 is 1.35 bits per heavy atom. The number of ether oxygens (including phenoxy) is 1. The fraction of sp³-hybridized carbons (Fsp3) is 0.444. The molecule has 7 nitrogen and oxygen atoms in total. The highest BCUT2D eigenvalue weighted by Gasteiger charge is 2.30. The Labute approximate surface area is 157 Å². The Morgan fingerprint density at radius 3 is 2.69 bits per heavy atom. The van der Waals surface area contributed by atoms with E-state index in [1.807, 2.05) is 33.8 Å². The zero-order chi connectivity index (χ0) is 18.9. The van der Waals surface area contributed by atoms with Crippen molar-refractivity contribution in [1.29, 1.82) is 0 Å². The van der Waals surface area contributed by atoms with Gasteiger partial charge in [-0.3, -0.25) is 14.8 Å². The second-order valence-corrected chi connectivity index (χ2v) is 7.75. The Balaban J connectivity index is 1.84. The van der Waals surface area contributed by atoms with Gasteiger partial charge in [0.1, 0.15) is 21.2 Å². The van der Waals surface area contributed by atoms with Crippen LogP contribution in [-0.2, 0) is 4.74 Å². The van der Waals surface area contributed by atoms with Crippen molar-refractivity contribution in [3.63, 3.8) is 0 Å². The summed E-state index contributed by atoms with van der Waals surface area (Å²) >= 11 is 1.33. The van der Waals surface area contributed by atoms with Gasteiger partial charge in [-0.1, -0.05) is 0 Å². The van der Waals surface area contributed by atoms with Crippen LogP contribution in [0.3, 0.4) is 0 Å². The molecular formula is C18H23N5O2S. The van der Waals surface area contributed by atoms with Crippen molar-refractivity contribution in [3.05, 3.63) is 41.1 Å². The topological polar surface area (TPSA) is 80.2 Å². The van der Waals surface area contributed by atoms with E-state index in [2.05, 4.69) is 20.3 Å². The zero-order valence-electron chi connectivity index (χ0n) is 15.6. The van der Waals surface area contributed by atoms with E-state index in [0.29, 0.717) is 22.1 Å². The first-order valence-corrected chi connectivity index (χ1v) is 9.33. The van der Waals surface area contributed by atoms with Gasteiger partial charge in [-0.15, -0.1) is 11.3 Å². The molecule has 0 saturated carbocycles. The third-order valence-corrected chi connectivity index (χ3v) is 5.08. The first-order chi connectivity index (χ1) is 12.3. The zero-order valence-corrected chi connectivity index (χ0v) is 16.4. The normalized spacial score (nSPS) is 16.1. The maximum atomic E-state index is 12.3. The van der Waals surface area contributed by atoms with Gasteiger partial charge in [0.05, 0.1) is 17.9 Å². The summed E-state index contributed by atoms with van der Waals surface area (Å²) < 4.78 is 5.68. The van der Waals surface area contributed by atoms with Gasteiger partial charge in [0.25, 0.3) is 5.91 Å². The molecule has 1 aliphatic heterocycles. The van der Waals surface area contributed by atoms with Crippen molar-refractivity contribution in [2.45, 2.75) is 39.3 Å². The fourth-order valence-electron chi connectivity index (χ4n) is 2.60. The van der Waals surface area contributed by atoms with Gasteiger partial charge in [-0.2, -0.15) is 0 Å². The van der Waals surface area contributed by atoms with E-state index in [0.717, 1.165) is 11.6 Å². The third kappa shape index (κ3) is 3.70. The minimum atomic E-state index is -0.233. The van der Waals surface area contributed by atoms with Gasteiger partial charge >= 0.3 is 0 Å².